The molecule has 0 unspecified atom stereocenters. The lowest BCUT2D eigenvalue weighted by Crippen LogP contribution is -2.15. The van der Waals surface area contributed by atoms with E-state index in [0.29, 0.717) is 4.88 Å². The van der Waals surface area contributed by atoms with E-state index in [1.807, 2.05) is 0 Å². The molecule has 1 amide bonds. The number of halogens is 1. The van der Waals surface area contributed by atoms with Crippen LogP contribution in [0.25, 0.3) is 0 Å². The Morgan fingerprint density at radius 3 is 2.90 bits per heavy atom. The van der Waals surface area contributed by atoms with Gasteiger partial charge in [-0.2, -0.15) is 0 Å². The molecule has 0 spiro atoms. The van der Waals surface area contributed by atoms with E-state index in [2.05, 4.69) is 10.3 Å². The average Bonchev–Trinajstić information content (AvgIpc) is 2.37. The van der Waals surface area contributed by atoms with Gasteiger partial charge in [0.25, 0.3) is 5.91 Å². The molecule has 1 rings (SSSR count). The summed E-state index contributed by atoms with van der Waals surface area (Å²) in [4.78, 5) is 15.1. The van der Waals surface area contributed by atoms with Gasteiger partial charge < -0.3 is 5.32 Å². The first-order valence-corrected chi connectivity index (χ1v) is 3.33. The molecule has 10 heavy (non-hydrogen) atoms. The maximum absolute atomic E-state index is 10.7. The van der Waals surface area contributed by atoms with Crippen molar-refractivity contribution in [3.05, 3.63) is 16.6 Å². The molecule has 1 aromatic heterocycles. The molecule has 3 nitrogen and oxygen atoms in total. The number of carbonyl (C=O) groups excluding carboxylic acids is 1. The third-order valence-electron chi connectivity index (χ3n) is 0.883. The number of hydrogen-bond acceptors (Lipinski definition) is 3. The molecule has 0 atom stereocenters. The maximum atomic E-state index is 10.7. The second kappa shape index (κ2) is 4.24. The third-order valence-corrected chi connectivity index (χ3v) is 1.66. The predicted octanol–water partition coefficient (Wildman–Crippen LogP) is 0.924. The SMILES string of the molecule is CNC(=O)c1cncs1.Cl. The molecule has 0 fully saturated rings. The summed E-state index contributed by atoms with van der Waals surface area (Å²) in [5, 5.41) is 2.50. The fraction of sp³-hybridized carbons (Fsp3) is 0.200. The monoisotopic (exact) mass is 178 g/mol. The number of thiazole rings is 1. The molecule has 0 aromatic carbocycles. The van der Waals surface area contributed by atoms with Crippen LogP contribution in [0.3, 0.4) is 0 Å². The number of amides is 1. The summed E-state index contributed by atoms with van der Waals surface area (Å²) in [5.74, 6) is -0.0718. The van der Waals surface area contributed by atoms with E-state index < -0.39 is 0 Å². The van der Waals surface area contributed by atoms with Crippen molar-refractivity contribution in [1.29, 1.82) is 0 Å². The quantitative estimate of drug-likeness (QED) is 0.695. The van der Waals surface area contributed by atoms with Crippen molar-refractivity contribution in [1.82, 2.24) is 10.3 Å². The van der Waals surface area contributed by atoms with Crippen molar-refractivity contribution < 1.29 is 4.79 Å². The van der Waals surface area contributed by atoms with Crippen LogP contribution in [-0.2, 0) is 0 Å². The number of nitrogens with one attached hydrogen (secondary N) is 1. The summed E-state index contributed by atoms with van der Waals surface area (Å²) < 4.78 is 0. The molecule has 1 heterocycles. The summed E-state index contributed by atoms with van der Waals surface area (Å²) >= 11 is 1.33. The summed E-state index contributed by atoms with van der Waals surface area (Å²) in [6, 6.07) is 0. The Bertz CT molecular complexity index is 199. The Morgan fingerprint density at radius 1 is 1.80 bits per heavy atom. The molecule has 0 radical (unpaired) electrons. The van der Waals surface area contributed by atoms with Crippen molar-refractivity contribution in [3.8, 4) is 0 Å². The number of carbonyl (C=O) groups is 1. The van der Waals surface area contributed by atoms with Gasteiger partial charge in [0.05, 0.1) is 11.7 Å². The van der Waals surface area contributed by atoms with Gasteiger partial charge in [0.1, 0.15) is 4.88 Å². The van der Waals surface area contributed by atoms with E-state index in [-0.39, 0.29) is 18.3 Å². The predicted molar refractivity (Wildman–Crippen MR) is 42.8 cm³/mol. The van der Waals surface area contributed by atoms with E-state index in [1.54, 1.807) is 18.8 Å². The molecule has 0 aliphatic rings. The van der Waals surface area contributed by atoms with Crippen LogP contribution in [-0.4, -0.2) is 17.9 Å². The number of aromatic nitrogens is 1. The van der Waals surface area contributed by atoms with Crippen molar-refractivity contribution in [2.24, 2.45) is 0 Å². The highest BCUT2D eigenvalue weighted by atomic mass is 35.5. The normalized spacial score (nSPS) is 8.10. The average molecular weight is 179 g/mol. The van der Waals surface area contributed by atoms with Crippen LogP contribution in [0.1, 0.15) is 9.67 Å². The van der Waals surface area contributed by atoms with E-state index in [1.165, 1.54) is 11.3 Å². The van der Waals surface area contributed by atoms with Crippen molar-refractivity contribution in [2.75, 3.05) is 7.05 Å². The fourth-order valence-electron chi connectivity index (χ4n) is 0.451. The van der Waals surface area contributed by atoms with E-state index in [4.69, 9.17) is 0 Å². The van der Waals surface area contributed by atoms with Crippen LogP contribution in [0.5, 0.6) is 0 Å². The minimum Gasteiger partial charge on any atom is -0.354 e. The Hall–Kier alpha value is -0.610. The Balaban J connectivity index is 0.000000810. The van der Waals surface area contributed by atoms with Crippen LogP contribution in [0, 0.1) is 0 Å². The van der Waals surface area contributed by atoms with Gasteiger partial charge in [-0.15, -0.1) is 23.7 Å². The van der Waals surface area contributed by atoms with Gasteiger partial charge in [-0.25, -0.2) is 0 Å². The van der Waals surface area contributed by atoms with E-state index in [0.717, 1.165) is 0 Å². The van der Waals surface area contributed by atoms with Crippen LogP contribution in [0.4, 0.5) is 0 Å². The summed E-state index contributed by atoms with van der Waals surface area (Å²) in [6.45, 7) is 0. The van der Waals surface area contributed by atoms with Crippen LogP contribution in [0.2, 0.25) is 0 Å². The molecule has 0 bridgehead atoms. The first-order chi connectivity index (χ1) is 4.34. The summed E-state index contributed by atoms with van der Waals surface area (Å²) in [5.41, 5.74) is 1.63. The highest BCUT2D eigenvalue weighted by Crippen LogP contribution is 2.03. The zero-order valence-electron chi connectivity index (χ0n) is 5.33. The lowest BCUT2D eigenvalue weighted by atomic mass is 10.5. The lowest BCUT2D eigenvalue weighted by Gasteiger charge is -1.89. The second-order valence-corrected chi connectivity index (χ2v) is 2.33. The minimum absolute atomic E-state index is 0. The van der Waals surface area contributed by atoms with Gasteiger partial charge in [0, 0.05) is 7.05 Å². The van der Waals surface area contributed by atoms with Gasteiger partial charge in [-0.3, -0.25) is 9.78 Å². The minimum atomic E-state index is -0.0718. The zero-order valence-corrected chi connectivity index (χ0v) is 6.96. The molecule has 5 heteroatoms. The van der Waals surface area contributed by atoms with E-state index >= 15 is 0 Å². The van der Waals surface area contributed by atoms with Crippen LogP contribution < -0.4 is 5.32 Å². The smallest absolute Gasteiger partial charge is 0.262 e. The molecule has 0 saturated heterocycles. The first kappa shape index (κ1) is 9.39. The number of nitrogens with zero attached hydrogens (tertiary/aromatic N) is 1. The van der Waals surface area contributed by atoms with E-state index in [9.17, 15) is 4.79 Å². The molecular formula is C5H7ClN2OS. The van der Waals surface area contributed by atoms with Gasteiger partial charge in [-0.05, 0) is 0 Å². The second-order valence-electron chi connectivity index (χ2n) is 1.44. The third kappa shape index (κ3) is 1.97. The lowest BCUT2D eigenvalue weighted by molar-refractivity contribution is 0.0967. The van der Waals surface area contributed by atoms with Crippen molar-refractivity contribution >= 4 is 29.7 Å². The zero-order chi connectivity index (χ0) is 6.69. The largest absolute Gasteiger partial charge is 0.354 e. The standard InChI is InChI=1S/C5H6N2OS.ClH/c1-6-5(8)4-2-7-3-9-4;/h2-3H,1H3,(H,6,8);1H. The number of hydrogen-bond donors (Lipinski definition) is 1. The van der Waals surface area contributed by atoms with Gasteiger partial charge in [0.2, 0.25) is 0 Å². The Kier molecular flexibility index (Phi) is 3.99. The molecule has 1 N–H and O–H groups in total. The molecule has 56 valence electrons. The molecule has 0 saturated carbocycles. The Labute approximate surface area is 68.9 Å². The fourth-order valence-corrected chi connectivity index (χ4v) is 1.02. The number of rotatable bonds is 1. The topological polar surface area (TPSA) is 42.0 Å². The molecular weight excluding hydrogens is 172 g/mol. The molecule has 1 aromatic rings. The summed E-state index contributed by atoms with van der Waals surface area (Å²) in [7, 11) is 1.60. The van der Waals surface area contributed by atoms with Crippen LogP contribution >= 0.6 is 23.7 Å². The van der Waals surface area contributed by atoms with Gasteiger partial charge in [0.15, 0.2) is 0 Å². The van der Waals surface area contributed by atoms with Crippen molar-refractivity contribution in [3.63, 3.8) is 0 Å². The van der Waals surface area contributed by atoms with Gasteiger partial charge >= 0.3 is 0 Å². The highest BCUT2D eigenvalue weighted by molar-refractivity contribution is 7.11. The Morgan fingerprint density at radius 2 is 2.50 bits per heavy atom. The van der Waals surface area contributed by atoms with Gasteiger partial charge in [-0.1, -0.05) is 0 Å². The molecule has 0 aliphatic heterocycles. The maximum Gasteiger partial charge on any atom is 0.262 e. The highest BCUT2D eigenvalue weighted by Gasteiger charge is 2.01. The summed E-state index contributed by atoms with van der Waals surface area (Å²) in [6.07, 6.45) is 1.55. The van der Waals surface area contributed by atoms with Crippen molar-refractivity contribution in [2.45, 2.75) is 0 Å². The van der Waals surface area contributed by atoms with Crippen LogP contribution in [0.15, 0.2) is 11.7 Å². The first-order valence-electron chi connectivity index (χ1n) is 2.45. The molecule has 0 aliphatic carbocycles.